The number of benzene rings is 1. The highest BCUT2D eigenvalue weighted by Crippen LogP contribution is 2.21. The number of rotatable bonds is 6. The van der Waals surface area contributed by atoms with Crippen LogP contribution >= 0.6 is 12.4 Å². The Balaban J connectivity index is 0.00000180. The van der Waals surface area contributed by atoms with E-state index < -0.39 is 0 Å². The van der Waals surface area contributed by atoms with Gasteiger partial charge in [-0.15, -0.1) is 12.4 Å². The quantitative estimate of drug-likeness (QED) is 0.825. The van der Waals surface area contributed by atoms with Gasteiger partial charge >= 0.3 is 0 Å². The summed E-state index contributed by atoms with van der Waals surface area (Å²) in [5, 5.41) is 3.36. The molecule has 0 aliphatic carbocycles. The summed E-state index contributed by atoms with van der Waals surface area (Å²) in [5.74, 6) is 1.91. The van der Waals surface area contributed by atoms with Crippen LogP contribution in [0.5, 0.6) is 0 Å². The van der Waals surface area contributed by atoms with E-state index in [0.717, 1.165) is 36.7 Å². The highest BCUT2D eigenvalue weighted by atomic mass is 35.5. The number of hydrogen-bond acceptors (Lipinski definition) is 3. The molecule has 1 N–H and O–H groups in total. The van der Waals surface area contributed by atoms with Crippen LogP contribution < -0.4 is 5.32 Å². The Hall–Kier alpha value is -1.29. The summed E-state index contributed by atoms with van der Waals surface area (Å²) in [6, 6.07) is 14.2. The van der Waals surface area contributed by atoms with Crippen LogP contribution in [-0.2, 0) is 6.54 Å². The molecule has 19 heavy (non-hydrogen) atoms. The summed E-state index contributed by atoms with van der Waals surface area (Å²) in [7, 11) is 4.14. The van der Waals surface area contributed by atoms with E-state index in [1.165, 1.54) is 0 Å². The molecule has 104 valence electrons. The van der Waals surface area contributed by atoms with Gasteiger partial charge in [0.1, 0.15) is 11.5 Å². The number of hydrogen-bond donors (Lipinski definition) is 1. The lowest BCUT2D eigenvalue weighted by atomic mass is 10.2. The first kappa shape index (κ1) is 15.8. The van der Waals surface area contributed by atoms with Gasteiger partial charge in [0.25, 0.3) is 0 Å². The first-order valence-electron chi connectivity index (χ1n) is 6.25. The summed E-state index contributed by atoms with van der Waals surface area (Å²) >= 11 is 0. The Bertz CT molecular complexity index is 468. The third kappa shape index (κ3) is 5.07. The molecule has 1 heterocycles. The highest BCUT2D eigenvalue weighted by Gasteiger charge is 2.03. The molecule has 3 nitrogen and oxygen atoms in total. The lowest BCUT2D eigenvalue weighted by molar-refractivity contribution is 0.392. The van der Waals surface area contributed by atoms with E-state index >= 15 is 0 Å². The van der Waals surface area contributed by atoms with Gasteiger partial charge in [-0.2, -0.15) is 0 Å². The SMILES string of the molecule is CN(C)CCNCc1ccc(-c2ccccc2)o1.Cl. The lowest BCUT2D eigenvalue weighted by Gasteiger charge is -2.09. The molecule has 4 heteroatoms. The molecule has 0 aliphatic rings. The van der Waals surface area contributed by atoms with Gasteiger partial charge in [0, 0.05) is 18.7 Å². The van der Waals surface area contributed by atoms with Crippen LogP contribution in [-0.4, -0.2) is 32.1 Å². The van der Waals surface area contributed by atoms with Crippen molar-refractivity contribution >= 4 is 12.4 Å². The summed E-state index contributed by atoms with van der Waals surface area (Å²) in [6.07, 6.45) is 0. The van der Waals surface area contributed by atoms with Crippen LogP contribution in [0.1, 0.15) is 5.76 Å². The molecule has 1 aromatic heterocycles. The van der Waals surface area contributed by atoms with Crippen molar-refractivity contribution < 1.29 is 4.42 Å². The minimum absolute atomic E-state index is 0. The molecule has 2 rings (SSSR count). The van der Waals surface area contributed by atoms with E-state index in [9.17, 15) is 0 Å². The average molecular weight is 281 g/mol. The molecular formula is C15H21ClN2O. The summed E-state index contributed by atoms with van der Waals surface area (Å²) < 4.78 is 5.80. The number of halogens is 1. The Labute approximate surface area is 121 Å². The number of nitrogens with one attached hydrogen (secondary N) is 1. The molecule has 0 bridgehead atoms. The van der Waals surface area contributed by atoms with Gasteiger partial charge in [-0.25, -0.2) is 0 Å². The molecule has 0 amide bonds. The van der Waals surface area contributed by atoms with Crippen molar-refractivity contribution in [2.75, 3.05) is 27.2 Å². The maximum Gasteiger partial charge on any atom is 0.134 e. The van der Waals surface area contributed by atoms with Crippen LogP contribution in [0, 0.1) is 0 Å². The van der Waals surface area contributed by atoms with E-state index in [1.807, 2.05) is 30.3 Å². The maximum absolute atomic E-state index is 5.80. The molecule has 0 atom stereocenters. The van der Waals surface area contributed by atoms with Gasteiger partial charge in [0.2, 0.25) is 0 Å². The minimum atomic E-state index is 0. The van der Waals surface area contributed by atoms with Gasteiger partial charge < -0.3 is 14.6 Å². The summed E-state index contributed by atoms with van der Waals surface area (Å²) in [4.78, 5) is 2.16. The topological polar surface area (TPSA) is 28.4 Å². The Morgan fingerprint density at radius 2 is 1.79 bits per heavy atom. The monoisotopic (exact) mass is 280 g/mol. The zero-order valence-corrected chi connectivity index (χ0v) is 12.2. The van der Waals surface area contributed by atoms with Crippen molar-refractivity contribution in [3.8, 4) is 11.3 Å². The van der Waals surface area contributed by atoms with E-state index in [2.05, 4.69) is 36.4 Å². The fourth-order valence-electron chi connectivity index (χ4n) is 1.74. The Morgan fingerprint density at radius 3 is 2.47 bits per heavy atom. The summed E-state index contributed by atoms with van der Waals surface area (Å²) in [6.45, 7) is 2.78. The molecule has 0 saturated carbocycles. The fraction of sp³-hybridized carbons (Fsp3) is 0.333. The predicted molar refractivity (Wildman–Crippen MR) is 81.7 cm³/mol. The molecule has 0 saturated heterocycles. The molecule has 0 radical (unpaired) electrons. The number of likely N-dealkylation sites (N-methyl/N-ethyl adjacent to an activating group) is 1. The van der Waals surface area contributed by atoms with E-state index in [1.54, 1.807) is 0 Å². The van der Waals surface area contributed by atoms with E-state index in [0.29, 0.717) is 0 Å². The van der Waals surface area contributed by atoms with Crippen LogP contribution in [0.25, 0.3) is 11.3 Å². The van der Waals surface area contributed by atoms with Crippen molar-refractivity contribution in [1.29, 1.82) is 0 Å². The normalized spacial score (nSPS) is 10.5. The van der Waals surface area contributed by atoms with E-state index in [4.69, 9.17) is 4.42 Å². The molecule has 0 unspecified atom stereocenters. The maximum atomic E-state index is 5.80. The van der Waals surface area contributed by atoms with Crippen molar-refractivity contribution in [2.45, 2.75) is 6.54 Å². The highest BCUT2D eigenvalue weighted by molar-refractivity contribution is 5.85. The van der Waals surface area contributed by atoms with Crippen molar-refractivity contribution in [3.63, 3.8) is 0 Å². The van der Waals surface area contributed by atoms with Gasteiger partial charge in [-0.3, -0.25) is 0 Å². The van der Waals surface area contributed by atoms with Crippen molar-refractivity contribution in [1.82, 2.24) is 10.2 Å². The van der Waals surface area contributed by atoms with Gasteiger partial charge in [0.05, 0.1) is 6.54 Å². The predicted octanol–water partition coefficient (Wildman–Crippen LogP) is 3.02. The first-order chi connectivity index (χ1) is 8.75. The summed E-state index contributed by atoms with van der Waals surface area (Å²) in [5.41, 5.74) is 1.12. The third-order valence-electron chi connectivity index (χ3n) is 2.75. The number of furan rings is 1. The zero-order chi connectivity index (χ0) is 12.8. The first-order valence-corrected chi connectivity index (χ1v) is 6.25. The van der Waals surface area contributed by atoms with Gasteiger partial charge in [0.15, 0.2) is 0 Å². The second-order valence-corrected chi connectivity index (χ2v) is 4.61. The second-order valence-electron chi connectivity index (χ2n) is 4.61. The average Bonchev–Trinajstić information content (AvgIpc) is 2.84. The van der Waals surface area contributed by atoms with Crippen molar-refractivity contribution in [2.24, 2.45) is 0 Å². The van der Waals surface area contributed by atoms with Crippen LogP contribution in [0.4, 0.5) is 0 Å². The van der Waals surface area contributed by atoms with Crippen LogP contribution in [0.15, 0.2) is 46.9 Å². The molecule has 0 aliphatic heterocycles. The largest absolute Gasteiger partial charge is 0.460 e. The lowest BCUT2D eigenvalue weighted by Crippen LogP contribution is -2.25. The minimum Gasteiger partial charge on any atom is -0.460 e. The van der Waals surface area contributed by atoms with Gasteiger partial charge in [-0.05, 0) is 26.2 Å². The molecule has 2 aromatic rings. The zero-order valence-electron chi connectivity index (χ0n) is 11.4. The molecule has 0 spiro atoms. The van der Waals surface area contributed by atoms with Crippen LogP contribution in [0.2, 0.25) is 0 Å². The Kier molecular flexibility index (Phi) is 6.64. The van der Waals surface area contributed by atoms with E-state index in [-0.39, 0.29) is 12.4 Å². The molecular weight excluding hydrogens is 260 g/mol. The Morgan fingerprint density at radius 1 is 1.05 bits per heavy atom. The molecule has 0 fully saturated rings. The second kappa shape index (κ2) is 8.00. The number of nitrogens with zero attached hydrogens (tertiary/aromatic N) is 1. The van der Waals surface area contributed by atoms with Crippen molar-refractivity contribution in [3.05, 3.63) is 48.2 Å². The fourth-order valence-corrected chi connectivity index (χ4v) is 1.74. The smallest absolute Gasteiger partial charge is 0.134 e. The van der Waals surface area contributed by atoms with Crippen LogP contribution in [0.3, 0.4) is 0 Å². The standard InChI is InChI=1S/C15H20N2O.ClH/c1-17(2)11-10-16-12-14-8-9-15(18-14)13-6-4-3-5-7-13;/h3-9,16H,10-12H2,1-2H3;1H. The molecule has 1 aromatic carbocycles. The third-order valence-corrected chi connectivity index (χ3v) is 2.75. The van der Waals surface area contributed by atoms with Gasteiger partial charge in [-0.1, -0.05) is 30.3 Å².